The Morgan fingerprint density at radius 3 is 2.71 bits per heavy atom. The van der Waals surface area contributed by atoms with Crippen molar-refractivity contribution >= 4 is 11.7 Å². The fraction of sp³-hybridized carbons (Fsp3) is 0.333. The molecule has 0 saturated heterocycles. The molecule has 2 rings (SSSR count). The summed E-state index contributed by atoms with van der Waals surface area (Å²) in [7, 11) is 0. The molecule has 0 unspecified atom stereocenters. The minimum atomic E-state index is -0.177. The fourth-order valence-corrected chi connectivity index (χ4v) is 1.64. The van der Waals surface area contributed by atoms with Gasteiger partial charge in [-0.1, -0.05) is 12.2 Å². The summed E-state index contributed by atoms with van der Waals surface area (Å²) in [6.07, 6.45) is 7.56. The van der Waals surface area contributed by atoms with E-state index in [0.29, 0.717) is 6.54 Å². The van der Waals surface area contributed by atoms with Crippen LogP contribution in [0.2, 0.25) is 0 Å². The number of carbonyl (C=O) groups is 1. The Bertz CT molecular complexity index is 383. The molecule has 0 bridgehead atoms. The van der Waals surface area contributed by atoms with Gasteiger partial charge < -0.3 is 10.6 Å². The summed E-state index contributed by atoms with van der Waals surface area (Å²) in [4.78, 5) is 17.6. The lowest BCUT2D eigenvalue weighted by Crippen LogP contribution is -2.36. The van der Waals surface area contributed by atoms with Crippen molar-refractivity contribution in [2.45, 2.75) is 0 Å². The number of pyridine rings is 1. The average molecular weight is 232 g/mol. The predicted octanol–water partition coefficient (Wildman–Crippen LogP) is 1.07. The van der Waals surface area contributed by atoms with Gasteiger partial charge in [0, 0.05) is 44.3 Å². The predicted molar refractivity (Wildman–Crippen MR) is 66.8 cm³/mol. The molecule has 1 aliphatic heterocycles. The number of rotatable bonds is 4. The molecule has 17 heavy (non-hydrogen) atoms. The second kappa shape index (κ2) is 6.00. The third-order valence-electron chi connectivity index (χ3n) is 2.55. The first-order chi connectivity index (χ1) is 8.34. The summed E-state index contributed by atoms with van der Waals surface area (Å²) in [5, 5.41) is 5.56. The van der Waals surface area contributed by atoms with Gasteiger partial charge in [0.15, 0.2) is 0 Å². The molecular weight excluding hydrogens is 216 g/mol. The van der Waals surface area contributed by atoms with Crippen molar-refractivity contribution in [2.75, 3.05) is 31.5 Å². The lowest BCUT2D eigenvalue weighted by atomic mass is 10.4. The molecule has 90 valence electrons. The third kappa shape index (κ3) is 3.88. The van der Waals surface area contributed by atoms with E-state index >= 15 is 0 Å². The first-order valence-electron chi connectivity index (χ1n) is 5.67. The third-order valence-corrected chi connectivity index (χ3v) is 2.55. The zero-order valence-electron chi connectivity index (χ0n) is 9.60. The number of urea groups is 1. The molecule has 2 N–H and O–H groups in total. The molecule has 0 aliphatic carbocycles. The fourth-order valence-electron chi connectivity index (χ4n) is 1.64. The van der Waals surface area contributed by atoms with Gasteiger partial charge in [-0.05, 0) is 12.1 Å². The maximum Gasteiger partial charge on any atom is 0.319 e. The molecular formula is C12H16N4O. The van der Waals surface area contributed by atoms with Crippen molar-refractivity contribution in [3.8, 4) is 0 Å². The summed E-state index contributed by atoms with van der Waals surface area (Å²) in [6.45, 7) is 3.48. The van der Waals surface area contributed by atoms with Gasteiger partial charge in [0.05, 0.1) is 0 Å². The number of anilines is 1. The summed E-state index contributed by atoms with van der Waals surface area (Å²) >= 11 is 0. The van der Waals surface area contributed by atoms with Crippen LogP contribution in [0, 0.1) is 0 Å². The Morgan fingerprint density at radius 1 is 1.29 bits per heavy atom. The highest BCUT2D eigenvalue weighted by atomic mass is 16.2. The van der Waals surface area contributed by atoms with Crippen molar-refractivity contribution < 1.29 is 4.79 Å². The van der Waals surface area contributed by atoms with Crippen molar-refractivity contribution in [1.82, 2.24) is 15.2 Å². The summed E-state index contributed by atoms with van der Waals surface area (Å²) in [5.74, 6) is 0. The van der Waals surface area contributed by atoms with E-state index in [1.165, 1.54) is 0 Å². The number of nitrogens with zero attached hydrogens (tertiary/aromatic N) is 2. The highest BCUT2D eigenvalue weighted by Gasteiger charge is 2.06. The molecule has 1 aromatic rings. The quantitative estimate of drug-likeness (QED) is 0.764. The molecule has 0 atom stereocenters. The number of aromatic nitrogens is 1. The Balaban J connectivity index is 1.64. The van der Waals surface area contributed by atoms with Crippen LogP contribution < -0.4 is 10.6 Å². The minimum Gasteiger partial charge on any atom is -0.337 e. The van der Waals surface area contributed by atoms with E-state index in [0.717, 1.165) is 25.3 Å². The first-order valence-corrected chi connectivity index (χ1v) is 5.67. The van der Waals surface area contributed by atoms with Crippen LogP contribution in [-0.4, -0.2) is 42.1 Å². The number of carbonyl (C=O) groups excluding carboxylic acids is 1. The van der Waals surface area contributed by atoms with Crippen LogP contribution in [0.15, 0.2) is 36.7 Å². The summed E-state index contributed by atoms with van der Waals surface area (Å²) < 4.78 is 0. The van der Waals surface area contributed by atoms with Gasteiger partial charge in [0.1, 0.15) is 0 Å². The molecule has 1 aliphatic rings. The van der Waals surface area contributed by atoms with Crippen LogP contribution in [0.5, 0.6) is 0 Å². The van der Waals surface area contributed by atoms with E-state index < -0.39 is 0 Å². The molecule has 1 aromatic heterocycles. The van der Waals surface area contributed by atoms with Crippen LogP contribution >= 0.6 is 0 Å². The molecule has 0 saturated carbocycles. The smallest absolute Gasteiger partial charge is 0.319 e. The van der Waals surface area contributed by atoms with Crippen LogP contribution in [0.25, 0.3) is 0 Å². The van der Waals surface area contributed by atoms with E-state index in [1.54, 1.807) is 24.5 Å². The van der Waals surface area contributed by atoms with Gasteiger partial charge in [0.2, 0.25) is 0 Å². The molecule has 0 fully saturated rings. The van der Waals surface area contributed by atoms with E-state index in [-0.39, 0.29) is 6.03 Å². The van der Waals surface area contributed by atoms with Crippen LogP contribution in [0.4, 0.5) is 10.5 Å². The minimum absolute atomic E-state index is 0.177. The number of hydrogen-bond donors (Lipinski definition) is 2. The zero-order chi connectivity index (χ0) is 11.9. The van der Waals surface area contributed by atoms with E-state index in [2.05, 4.69) is 32.7 Å². The van der Waals surface area contributed by atoms with Gasteiger partial charge in [-0.3, -0.25) is 9.88 Å². The summed E-state index contributed by atoms with van der Waals surface area (Å²) in [5.41, 5.74) is 0.750. The molecule has 2 amide bonds. The van der Waals surface area contributed by atoms with Crippen molar-refractivity contribution in [3.05, 3.63) is 36.7 Å². The summed E-state index contributed by atoms with van der Waals surface area (Å²) in [6, 6.07) is 3.33. The Morgan fingerprint density at radius 2 is 2.00 bits per heavy atom. The van der Waals surface area contributed by atoms with Crippen molar-refractivity contribution in [2.24, 2.45) is 0 Å². The topological polar surface area (TPSA) is 57.3 Å². The van der Waals surface area contributed by atoms with Gasteiger partial charge in [-0.15, -0.1) is 0 Å². The SMILES string of the molecule is O=C(NCCN1CC=CC1)Nc1ccncc1. The zero-order valence-corrected chi connectivity index (χ0v) is 9.60. The lowest BCUT2D eigenvalue weighted by molar-refractivity contribution is 0.250. The van der Waals surface area contributed by atoms with E-state index in [4.69, 9.17) is 0 Å². The van der Waals surface area contributed by atoms with E-state index in [1.807, 2.05) is 0 Å². The Kier molecular flexibility index (Phi) is 4.10. The number of nitrogens with one attached hydrogen (secondary N) is 2. The van der Waals surface area contributed by atoms with Gasteiger partial charge in [0.25, 0.3) is 0 Å². The molecule has 5 nitrogen and oxygen atoms in total. The second-order valence-electron chi connectivity index (χ2n) is 3.85. The molecule has 0 radical (unpaired) electrons. The maximum atomic E-state index is 11.5. The lowest BCUT2D eigenvalue weighted by Gasteiger charge is -2.15. The van der Waals surface area contributed by atoms with Gasteiger partial charge in [-0.25, -0.2) is 4.79 Å². The van der Waals surface area contributed by atoms with Gasteiger partial charge in [-0.2, -0.15) is 0 Å². The van der Waals surface area contributed by atoms with E-state index in [9.17, 15) is 4.79 Å². The molecule has 2 heterocycles. The Labute approximate surface area is 101 Å². The van der Waals surface area contributed by atoms with Gasteiger partial charge >= 0.3 is 6.03 Å². The Hall–Kier alpha value is -1.88. The molecule has 0 aromatic carbocycles. The van der Waals surface area contributed by atoms with Crippen LogP contribution in [-0.2, 0) is 0 Å². The van der Waals surface area contributed by atoms with Crippen LogP contribution in [0.1, 0.15) is 0 Å². The van der Waals surface area contributed by atoms with Crippen LogP contribution in [0.3, 0.4) is 0 Å². The highest BCUT2D eigenvalue weighted by Crippen LogP contribution is 2.02. The van der Waals surface area contributed by atoms with Crippen molar-refractivity contribution in [1.29, 1.82) is 0 Å². The normalized spacial score (nSPS) is 14.8. The van der Waals surface area contributed by atoms with Crippen molar-refractivity contribution in [3.63, 3.8) is 0 Å². The molecule has 0 spiro atoms. The molecule has 5 heteroatoms. The second-order valence-corrected chi connectivity index (χ2v) is 3.85. The monoisotopic (exact) mass is 232 g/mol. The standard InChI is InChI=1S/C12H16N4O/c17-12(15-11-3-5-13-6-4-11)14-7-10-16-8-1-2-9-16/h1-6H,7-10H2,(H2,13,14,15,17). The largest absolute Gasteiger partial charge is 0.337 e. The average Bonchev–Trinajstić information content (AvgIpc) is 2.83. The first kappa shape index (κ1) is 11.6. The number of hydrogen-bond acceptors (Lipinski definition) is 3. The number of amides is 2. The highest BCUT2D eigenvalue weighted by molar-refractivity contribution is 5.88. The maximum absolute atomic E-state index is 11.5.